The van der Waals surface area contributed by atoms with Crippen molar-refractivity contribution < 1.29 is 14.6 Å². The Kier molecular flexibility index (Phi) is 6.51. The number of allylic oxidation sites excluding steroid dienone is 1. The highest BCUT2D eigenvalue weighted by atomic mass is 35.5. The number of nitrogens with one attached hydrogen (secondary N) is 1. The maximum absolute atomic E-state index is 12.1. The number of aliphatic hydroxyl groups is 1. The Morgan fingerprint density at radius 3 is 2.52 bits per heavy atom. The smallest absolute Gasteiger partial charge is 0.259 e. The monoisotopic (exact) mass is 441 g/mol. The highest BCUT2D eigenvalue weighted by molar-refractivity contribution is 6.36. The number of anilines is 1. The van der Waals surface area contributed by atoms with Crippen molar-refractivity contribution in [1.82, 2.24) is 9.80 Å². The molecule has 1 fully saturated rings. The summed E-state index contributed by atoms with van der Waals surface area (Å²) in [6.07, 6.45) is 0.999. The number of piperazine rings is 1. The van der Waals surface area contributed by atoms with Crippen LogP contribution in [0.1, 0.15) is 18.9 Å². The topological polar surface area (TPSA) is 65.0 Å². The molecule has 2 N–H and O–H groups in total. The Balaban J connectivity index is 1.39. The largest absolute Gasteiger partial charge is 0.512 e. The molecule has 1 amide bonds. The number of carbonyl (C=O) groups is 1. The van der Waals surface area contributed by atoms with Gasteiger partial charge in [0.15, 0.2) is 0 Å². The summed E-state index contributed by atoms with van der Waals surface area (Å²) in [6, 6.07) is 11.4. The van der Waals surface area contributed by atoms with E-state index in [2.05, 4.69) is 22.2 Å². The molecule has 0 saturated carbocycles. The SMILES string of the molecule is C/C(O)=C1\C(=O)Nc2cc(Cl)c(-c3ccc(OCCCN4CCN(C)CC4)cc3)cc21. The summed E-state index contributed by atoms with van der Waals surface area (Å²) < 4.78 is 5.91. The lowest BCUT2D eigenvalue weighted by atomic mass is 9.98. The van der Waals surface area contributed by atoms with Gasteiger partial charge in [-0.15, -0.1) is 0 Å². The van der Waals surface area contributed by atoms with Gasteiger partial charge >= 0.3 is 0 Å². The van der Waals surface area contributed by atoms with Crippen LogP contribution in [0.3, 0.4) is 0 Å². The molecule has 164 valence electrons. The Labute approximate surface area is 188 Å². The number of rotatable bonds is 6. The molecule has 1 saturated heterocycles. The van der Waals surface area contributed by atoms with E-state index in [1.54, 1.807) is 6.07 Å². The average molecular weight is 442 g/mol. The van der Waals surface area contributed by atoms with Crippen molar-refractivity contribution in [3.05, 3.63) is 52.7 Å². The van der Waals surface area contributed by atoms with E-state index in [1.165, 1.54) is 6.92 Å². The number of aliphatic hydroxyl groups excluding tert-OH is 1. The molecule has 2 aliphatic heterocycles. The van der Waals surface area contributed by atoms with Gasteiger partial charge in [-0.05, 0) is 50.2 Å². The number of amides is 1. The summed E-state index contributed by atoms with van der Waals surface area (Å²) in [7, 11) is 2.17. The van der Waals surface area contributed by atoms with Crippen molar-refractivity contribution >= 4 is 28.8 Å². The lowest BCUT2D eigenvalue weighted by molar-refractivity contribution is -0.110. The van der Waals surface area contributed by atoms with E-state index in [4.69, 9.17) is 16.3 Å². The first-order valence-corrected chi connectivity index (χ1v) is 11.0. The number of nitrogens with zero attached hydrogens (tertiary/aromatic N) is 2. The van der Waals surface area contributed by atoms with Crippen LogP contribution in [0.2, 0.25) is 5.02 Å². The zero-order valence-corrected chi connectivity index (χ0v) is 18.7. The van der Waals surface area contributed by atoms with E-state index >= 15 is 0 Å². The molecule has 2 aromatic rings. The van der Waals surface area contributed by atoms with Crippen LogP contribution >= 0.6 is 11.6 Å². The second kappa shape index (κ2) is 9.30. The van der Waals surface area contributed by atoms with E-state index in [9.17, 15) is 9.90 Å². The number of halogens is 1. The zero-order chi connectivity index (χ0) is 22.0. The molecule has 31 heavy (non-hydrogen) atoms. The number of benzene rings is 2. The van der Waals surface area contributed by atoms with Crippen LogP contribution in [0.25, 0.3) is 16.7 Å². The van der Waals surface area contributed by atoms with E-state index in [0.717, 1.165) is 56.0 Å². The van der Waals surface area contributed by atoms with Gasteiger partial charge in [-0.25, -0.2) is 0 Å². The molecular formula is C24H28ClN3O3. The Hall–Kier alpha value is -2.54. The second-order valence-corrected chi connectivity index (χ2v) is 8.57. The van der Waals surface area contributed by atoms with Gasteiger partial charge in [0.25, 0.3) is 5.91 Å². The lowest BCUT2D eigenvalue weighted by Crippen LogP contribution is -2.44. The molecule has 2 heterocycles. The summed E-state index contributed by atoms with van der Waals surface area (Å²) in [5.74, 6) is 0.497. The predicted octanol–water partition coefficient (Wildman–Crippen LogP) is 4.26. The minimum absolute atomic E-state index is 0.00940. The van der Waals surface area contributed by atoms with Crippen LogP contribution < -0.4 is 10.1 Å². The van der Waals surface area contributed by atoms with Gasteiger partial charge < -0.3 is 25.0 Å². The average Bonchev–Trinajstić information content (AvgIpc) is 3.07. The molecule has 0 aromatic heterocycles. The fourth-order valence-corrected chi connectivity index (χ4v) is 4.32. The highest BCUT2D eigenvalue weighted by Gasteiger charge is 2.28. The summed E-state index contributed by atoms with van der Waals surface area (Å²) >= 11 is 6.47. The first-order valence-electron chi connectivity index (χ1n) is 10.6. The molecule has 2 aromatic carbocycles. The standard InChI is InChI=1S/C24H28ClN3O3/c1-16(29)23-20-14-19(21(25)15-22(20)26-24(23)30)17-4-6-18(7-5-17)31-13-3-8-28-11-9-27(2)10-12-28/h4-7,14-15,29H,3,8-13H2,1-2H3,(H,26,30)/b23-16+. The van der Waals surface area contributed by atoms with Crippen LogP contribution in [0, 0.1) is 0 Å². The van der Waals surface area contributed by atoms with Gasteiger partial charge in [0, 0.05) is 43.9 Å². The fourth-order valence-electron chi connectivity index (χ4n) is 4.05. The van der Waals surface area contributed by atoms with Crippen molar-refractivity contribution in [2.75, 3.05) is 51.7 Å². The molecule has 0 unspecified atom stereocenters. The summed E-state index contributed by atoms with van der Waals surface area (Å²) in [5.41, 5.74) is 3.29. The van der Waals surface area contributed by atoms with Crippen LogP contribution in [0.15, 0.2) is 42.2 Å². The van der Waals surface area contributed by atoms with Crippen LogP contribution in [0.5, 0.6) is 5.75 Å². The Bertz CT molecular complexity index is 992. The molecule has 7 heteroatoms. The maximum atomic E-state index is 12.1. The third-order valence-electron chi connectivity index (χ3n) is 5.86. The van der Waals surface area contributed by atoms with Crippen LogP contribution in [-0.2, 0) is 4.79 Å². The van der Waals surface area contributed by atoms with E-state index in [-0.39, 0.29) is 17.2 Å². The predicted molar refractivity (Wildman–Crippen MR) is 125 cm³/mol. The highest BCUT2D eigenvalue weighted by Crippen LogP contribution is 2.40. The number of carbonyl (C=O) groups excluding carboxylic acids is 1. The van der Waals surface area contributed by atoms with E-state index < -0.39 is 0 Å². The van der Waals surface area contributed by atoms with Gasteiger partial charge in [0.05, 0.1) is 22.9 Å². The molecule has 2 aliphatic rings. The van der Waals surface area contributed by atoms with Crippen molar-refractivity contribution in [3.63, 3.8) is 0 Å². The number of fused-ring (bicyclic) bond motifs is 1. The van der Waals surface area contributed by atoms with Crippen LogP contribution in [0.4, 0.5) is 5.69 Å². The molecule has 4 rings (SSSR count). The quantitative estimate of drug-likeness (QED) is 0.398. The van der Waals surface area contributed by atoms with Crippen LogP contribution in [-0.4, -0.2) is 67.2 Å². The Morgan fingerprint density at radius 1 is 1.13 bits per heavy atom. The molecule has 0 spiro atoms. The minimum Gasteiger partial charge on any atom is -0.512 e. The van der Waals surface area contributed by atoms with Crippen molar-refractivity contribution in [1.29, 1.82) is 0 Å². The van der Waals surface area contributed by atoms with Crippen molar-refractivity contribution in [2.24, 2.45) is 0 Å². The maximum Gasteiger partial charge on any atom is 0.259 e. The zero-order valence-electron chi connectivity index (χ0n) is 17.9. The first-order chi connectivity index (χ1) is 14.9. The van der Waals surface area contributed by atoms with Crippen molar-refractivity contribution in [3.8, 4) is 16.9 Å². The summed E-state index contributed by atoms with van der Waals surface area (Å²) in [6.45, 7) is 7.77. The van der Waals surface area contributed by atoms with Gasteiger partial charge in [0.1, 0.15) is 11.5 Å². The molecular weight excluding hydrogens is 414 g/mol. The molecule has 0 atom stereocenters. The first kappa shape index (κ1) is 21.7. The Morgan fingerprint density at radius 2 is 1.84 bits per heavy atom. The van der Waals surface area contributed by atoms with E-state index in [1.807, 2.05) is 30.3 Å². The van der Waals surface area contributed by atoms with Crippen molar-refractivity contribution in [2.45, 2.75) is 13.3 Å². The number of likely N-dealkylation sites (N-methyl/N-ethyl adjacent to an activating group) is 1. The molecule has 0 aliphatic carbocycles. The van der Waals surface area contributed by atoms with Gasteiger partial charge in [-0.1, -0.05) is 23.7 Å². The lowest BCUT2D eigenvalue weighted by Gasteiger charge is -2.32. The van der Waals surface area contributed by atoms with Gasteiger partial charge in [-0.3, -0.25) is 4.79 Å². The second-order valence-electron chi connectivity index (χ2n) is 8.16. The normalized spacial score (nSPS) is 18.6. The van der Waals surface area contributed by atoms with E-state index in [0.29, 0.717) is 22.9 Å². The molecule has 0 bridgehead atoms. The van der Waals surface area contributed by atoms with Gasteiger partial charge in [-0.2, -0.15) is 0 Å². The fraction of sp³-hybridized carbons (Fsp3) is 0.375. The number of hydrogen-bond acceptors (Lipinski definition) is 5. The number of ether oxygens (including phenoxy) is 1. The number of hydrogen-bond donors (Lipinski definition) is 2. The summed E-state index contributed by atoms with van der Waals surface area (Å²) in [5, 5.41) is 13.2. The molecule has 0 radical (unpaired) electrons. The third kappa shape index (κ3) is 4.87. The molecule has 6 nitrogen and oxygen atoms in total. The third-order valence-corrected chi connectivity index (χ3v) is 6.17. The summed E-state index contributed by atoms with van der Waals surface area (Å²) in [4.78, 5) is 17.0. The van der Waals surface area contributed by atoms with Gasteiger partial charge in [0.2, 0.25) is 0 Å². The minimum atomic E-state index is -0.316.